The number of nitrogens with zero attached hydrogens (tertiary/aromatic N) is 6. The summed E-state index contributed by atoms with van der Waals surface area (Å²) in [7, 11) is -9.89. The molecule has 9 aromatic rings. The number of unbranched alkanes of at least 4 members (excludes halogenated alkanes) is 10. The van der Waals surface area contributed by atoms with E-state index in [2.05, 4.69) is 288 Å². The number of fused-ring (bicyclic) bond motifs is 8. The zero-order valence-corrected chi connectivity index (χ0v) is 69.3. The molecule has 4 aliphatic rings. The molecule has 22 heteroatoms. The van der Waals surface area contributed by atoms with Crippen LogP contribution in [0.3, 0.4) is 0 Å². The van der Waals surface area contributed by atoms with E-state index < -0.39 is 31.3 Å². The van der Waals surface area contributed by atoms with Gasteiger partial charge in [0.25, 0.3) is 11.4 Å². The van der Waals surface area contributed by atoms with Gasteiger partial charge in [-0.05, 0) is 172 Å². The summed E-state index contributed by atoms with van der Waals surface area (Å²) >= 11 is 7.34. The third-order valence-corrected chi connectivity index (χ3v) is 23.6. The van der Waals surface area contributed by atoms with E-state index in [1.807, 2.05) is 24.3 Å². The monoisotopic (exact) mass is 1680 g/mol. The van der Waals surface area contributed by atoms with Crippen LogP contribution in [0.2, 0.25) is 0 Å². The molecule has 0 radical (unpaired) electrons. The topological polar surface area (TPSA) is 283 Å². The fraction of sp³-hybridized carbons (Fsp3) is 0.333. The summed E-state index contributed by atoms with van der Waals surface area (Å²) in [6, 6.07) is 64.1. The van der Waals surface area contributed by atoms with Crippen molar-refractivity contribution in [2.24, 2.45) is 0 Å². The molecule has 2 unspecified atom stereocenters. The molecule has 0 aromatic heterocycles. The van der Waals surface area contributed by atoms with Crippen molar-refractivity contribution >= 4 is 99.0 Å². The second-order valence-electron chi connectivity index (χ2n) is 31.0. The van der Waals surface area contributed by atoms with Crippen LogP contribution in [-0.2, 0) is 47.6 Å². The number of rotatable bonds is 28. The van der Waals surface area contributed by atoms with Crippen LogP contribution in [0.15, 0.2) is 239 Å². The summed E-state index contributed by atoms with van der Waals surface area (Å²) in [5.41, 5.74) is 16.8. The first-order valence-electron chi connectivity index (χ1n) is 38.3. The standard InChI is InChI=1S/C90H96Br2N6O4.2ClHO4/c1-9-11-13-15-17-23-55-93-77-53-49-71(97(99)100)57-75(77)89(7,59-63-39-45-69(91)46-40-63)83(93)33-25-31-81-87(3,4)85-73-29-21-19-27-67(73)43-51-79(85)95(81)61-65-35-37-66(38-36-65)62-96-80-52-44-68-28-20-22-30-74(68)86(80)88(5,6)82(96)32-26-34-84-90(8,60-64-41-47-70(92)48-42-64)76-58-72(98(101)102)50-54-78(76)94(84)56-24-18-16-14-12-10-2;2*2-1(3,4)5/h19-22,25-54,57-58H,9-18,23-24,55-56,59-62H2,1-8H3;2*(H,2,3,4,5)/q+2;;/p-2. The van der Waals surface area contributed by atoms with Gasteiger partial charge in [0, 0.05) is 126 Å². The first kappa shape index (κ1) is 84.3. The Morgan fingerprint density at radius 2 is 0.750 bits per heavy atom. The van der Waals surface area contributed by atoms with Gasteiger partial charge in [-0.3, -0.25) is 20.2 Å². The molecule has 0 saturated heterocycles. The zero-order chi connectivity index (χ0) is 80.5. The van der Waals surface area contributed by atoms with Crippen molar-refractivity contribution in [3.05, 3.63) is 304 Å². The molecular weight excluding hydrogens is 1590 g/mol. The summed E-state index contributed by atoms with van der Waals surface area (Å²) in [6.07, 6.45) is 29.2. The minimum Gasteiger partial charge on any atom is -0.344 e. The van der Waals surface area contributed by atoms with Crippen LogP contribution in [0.5, 0.6) is 0 Å². The Balaban J connectivity index is 0.00000117. The molecular formula is C90H96Br2Cl2N6O12. The maximum Gasteiger partial charge on any atom is 0.269 e. The Labute approximate surface area is 677 Å². The molecule has 0 bridgehead atoms. The maximum absolute atomic E-state index is 12.5. The lowest BCUT2D eigenvalue weighted by Crippen LogP contribution is -2.68. The largest absolute Gasteiger partial charge is 0.344 e. The van der Waals surface area contributed by atoms with Crippen molar-refractivity contribution < 1.29 is 76.8 Å². The minimum atomic E-state index is -4.94. The molecule has 0 amide bonds. The third kappa shape index (κ3) is 19.4. The summed E-state index contributed by atoms with van der Waals surface area (Å²) in [4.78, 5) is 29.5. The Kier molecular flexibility index (Phi) is 27.0. The van der Waals surface area contributed by atoms with Crippen molar-refractivity contribution in [3.63, 3.8) is 0 Å². The molecule has 13 rings (SSSR count). The van der Waals surface area contributed by atoms with Crippen LogP contribution in [0.4, 0.5) is 34.1 Å². The van der Waals surface area contributed by atoms with Gasteiger partial charge in [0.05, 0.1) is 20.7 Å². The van der Waals surface area contributed by atoms with E-state index in [1.165, 1.54) is 129 Å². The lowest BCUT2D eigenvalue weighted by Gasteiger charge is -2.30. The summed E-state index contributed by atoms with van der Waals surface area (Å²) in [5, 5.41) is 30.0. The molecule has 4 heterocycles. The van der Waals surface area contributed by atoms with Gasteiger partial charge in [-0.15, -0.1) is 20.5 Å². The second kappa shape index (κ2) is 35.9. The van der Waals surface area contributed by atoms with Crippen molar-refractivity contribution in [1.82, 2.24) is 0 Å². The highest BCUT2D eigenvalue weighted by Gasteiger charge is 2.50. The first-order valence-corrected chi connectivity index (χ1v) is 42.3. The van der Waals surface area contributed by atoms with E-state index in [0.29, 0.717) is 25.9 Å². The minimum absolute atomic E-state index is 0.112. The quantitative estimate of drug-likeness (QED) is 0.0191. The number of nitro benzene ring substituents is 2. The van der Waals surface area contributed by atoms with E-state index >= 15 is 0 Å². The van der Waals surface area contributed by atoms with Gasteiger partial charge < -0.3 is 9.80 Å². The molecule has 0 fully saturated rings. The zero-order valence-electron chi connectivity index (χ0n) is 64.6. The van der Waals surface area contributed by atoms with E-state index in [0.717, 1.165) is 81.6 Å². The molecule has 0 N–H and O–H groups in total. The summed E-state index contributed by atoms with van der Waals surface area (Å²) in [6.45, 7) is 21.5. The highest BCUT2D eigenvalue weighted by molar-refractivity contribution is 9.10. The Morgan fingerprint density at radius 1 is 0.420 bits per heavy atom. The Bertz CT molecular complexity index is 4800. The predicted octanol–water partition coefficient (Wildman–Crippen LogP) is 14.6. The van der Waals surface area contributed by atoms with E-state index in [1.54, 1.807) is 12.1 Å². The number of benzene rings is 9. The fourth-order valence-electron chi connectivity index (χ4n) is 17.3. The van der Waals surface area contributed by atoms with Gasteiger partial charge >= 0.3 is 0 Å². The van der Waals surface area contributed by atoms with E-state index in [9.17, 15) is 20.2 Å². The van der Waals surface area contributed by atoms with Crippen molar-refractivity contribution in [1.29, 1.82) is 0 Å². The molecule has 4 aliphatic heterocycles. The molecule has 18 nitrogen and oxygen atoms in total. The van der Waals surface area contributed by atoms with Gasteiger partial charge in [0.2, 0.25) is 11.4 Å². The normalized spacial score (nSPS) is 18.2. The van der Waals surface area contributed by atoms with Gasteiger partial charge in [-0.1, -0.05) is 219 Å². The Morgan fingerprint density at radius 3 is 1.10 bits per heavy atom. The van der Waals surface area contributed by atoms with Gasteiger partial charge in [-0.25, -0.2) is 37.3 Å². The van der Waals surface area contributed by atoms with Crippen LogP contribution < -0.4 is 47.1 Å². The smallest absolute Gasteiger partial charge is 0.269 e. The predicted molar refractivity (Wildman–Crippen MR) is 430 cm³/mol. The lowest BCUT2D eigenvalue weighted by atomic mass is 9.76. The number of nitro groups is 2. The van der Waals surface area contributed by atoms with Gasteiger partial charge in [-0.2, -0.15) is 9.15 Å². The van der Waals surface area contributed by atoms with Crippen LogP contribution in [0.25, 0.3) is 21.5 Å². The maximum atomic E-state index is 12.5. The molecule has 112 heavy (non-hydrogen) atoms. The van der Waals surface area contributed by atoms with Crippen LogP contribution in [0, 0.1) is 40.7 Å². The van der Waals surface area contributed by atoms with Gasteiger partial charge in [0.15, 0.2) is 24.5 Å². The number of hydrogen-bond acceptors (Lipinski definition) is 14. The number of non-ortho nitro benzene ring substituents is 2. The molecule has 0 aliphatic carbocycles. The number of halogens is 4. The van der Waals surface area contributed by atoms with Crippen molar-refractivity contribution in [2.45, 2.75) is 180 Å². The second-order valence-corrected chi connectivity index (χ2v) is 34.3. The summed E-state index contributed by atoms with van der Waals surface area (Å²) in [5.74, 6) is 0. The number of hydrogen-bond donors (Lipinski definition) is 0. The first-order chi connectivity index (χ1) is 53.2. The Hall–Kier alpha value is -8.58. The fourth-order valence-corrected chi connectivity index (χ4v) is 17.8. The molecule has 0 spiro atoms. The highest BCUT2D eigenvalue weighted by atomic mass is 79.9. The highest BCUT2D eigenvalue weighted by Crippen LogP contribution is 2.54. The average molecular weight is 1680 g/mol. The summed E-state index contributed by atoms with van der Waals surface area (Å²) < 4.78 is 75.0. The van der Waals surface area contributed by atoms with Crippen LogP contribution in [0.1, 0.15) is 177 Å². The molecule has 9 aromatic carbocycles. The van der Waals surface area contributed by atoms with Crippen molar-refractivity contribution in [3.8, 4) is 0 Å². The number of allylic oxidation sites excluding steroid dienone is 8. The third-order valence-electron chi connectivity index (χ3n) is 22.5. The number of anilines is 2. The average Bonchev–Trinajstić information content (AvgIpc) is 1.58. The molecule has 2 atom stereocenters. The van der Waals surface area contributed by atoms with Crippen LogP contribution in [-0.4, -0.2) is 43.5 Å². The molecule has 586 valence electrons. The SMILES string of the molecule is CCCCCCCCN1/C(=C/C=C/C2=[N+](Cc3ccc(C[N+]4=C(/C=C/C=C5/N(CCCCCCCC)c6ccc([N+](=O)[O-])cc6C5(C)Cc5ccc(Br)cc5)C(C)(C)c5c4ccc4ccccc54)cc3)c3ccc4ccccc4c3C2(C)C)C(C)(Cc2ccc(Br)cc2)c2cc([N+](=O)[O-])ccc21.[O-][Cl+3]([O-])([O-])[O-].[O-][Cl+3]([O-])([O-])[O-]. The van der Waals surface area contributed by atoms with Crippen molar-refractivity contribution in [2.75, 3.05) is 22.9 Å². The van der Waals surface area contributed by atoms with Gasteiger partial charge in [0.1, 0.15) is 0 Å². The van der Waals surface area contributed by atoms with Crippen LogP contribution >= 0.6 is 31.9 Å². The van der Waals surface area contributed by atoms with E-state index in [4.69, 9.17) is 37.3 Å². The molecule has 0 saturated carbocycles. The lowest BCUT2D eigenvalue weighted by molar-refractivity contribution is -2.00. The van der Waals surface area contributed by atoms with E-state index in [-0.39, 0.29) is 32.1 Å².